The number of hydrogen-bond donors (Lipinski definition) is 1. The molecule has 1 atom stereocenters. The third-order valence-electron chi connectivity index (χ3n) is 3.76. The van der Waals surface area contributed by atoms with Crippen molar-refractivity contribution in [1.82, 2.24) is 10.2 Å². The van der Waals surface area contributed by atoms with Crippen LogP contribution in [0, 0.1) is 5.92 Å². The summed E-state index contributed by atoms with van der Waals surface area (Å²) in [5, 5.41) is 3.47. The van der Waals surface area contributed by atoms with E-state index in [1.807, 2.05) is 0 Å². The summed E-state index contributed by atoms with van der Waals surface area (Å²) in [6, 6.07) is 0. The average Bonchev–Trinajstić information content (AvgIpc) is 2.46. The highest BCUT2D eigenvalue weighted by molar-refractivity contribution is 5.76. The predicted molar refractivity (Wildman–Crippen MR) is 76.6 cm³/mol. The molecule has 3 heteroatoms. The Bertz CT molecular complexity index is 258. The van der Waals surface area contributed by atoms with Gasteiger partial charge >= 0.3 is 0 Å². The Balaban J connectivity index is 2.26. The van der Waals surface area contributed by atoms with E-state index in [0.29, 0.717) is 5.91 Å². The van der Waals surface area contributed by atoms with Crippen molar-refractivity contribution in [2.75, 3.05) is 19.6 Å². The van der Waals surface area contributed by atoms with Crippen molar-refractivity contribution in [1.29, 1.82) is 0 Å². The largest absolute Gasteiger partial charge is 0.343 e. The van der Waals surface area contributed by atoms with E-state index in [2.05, 4.69) is 37.9 Å². The maximum Gasteiger partial charge on any atom is 0.222 e. The quantitative estimate of drug-likeness (QED) is 0.765. The van der Waals surface area contributed by atoms with E-state index in [4.69, 9.17) is 0 Å². The fraction of sp³-hybridized carbons (Fsp3) is 0.933. The van der Waals surface area contributed by atoms with Crippen molar-refractivity contribution in [3.63, 3.8) is 0 Å². The maximum absolute atomic E-state index is 12.0. The van der Waals surface area contributed by atoms with Crippen LogP contribution in [-0.4, -0.2) is 36.0 Å². The lowest BCUT2D eigenvalue weighted by Crippen LogP contribution is -2.38. The second-order valence-corrected chi connectivity index (χ2v) is 6.51. The molecule has 0 spiro atoms. The molecule has 1 amide bonds. The number of nitrogens with zero attached hydrogens (tertiary/aromatic N) is 1. The number of carbonyl (C=O) groups is 1. The zero-order valence-corrected chi connectivity index (χ0v) is 12.6. The van der Waals surface area contributed by atoms with Gasteiger partial charge in [0.15, 0.2) is 0 Å². The summed E-state index contributed by atoms with van der Waals surface area (Å²) >= 11 is 0. The Kier molecular flexibility index (Phi) is 6.13. The molecule has 3 nitrogen and oxygen atoms in total. The van der Waals surface area contributed by atoms with Crippen LogP contribution in [0.1, 0.15) is 59.8 Å². The number of carbonyl (C=O) groups excluding carboxylic acids is 1. The van der Waals surface area contributed by atoms with Gasteiger partial charge in [0.1, 0.15) is 0 Å². The van der Waals surface area contributed by atoms with Crippen LogP contribution in [0.15, 0.2) is 0 Å². The third-order valence-corrected chi connectivity index (χ3v) is 3.76. The smallest absolute Gasteiger partial charge is 0.222 e. The second kappa shape index (κ2) is 7.13. The Morgan fingerprint density at radius 2 is 2.06 bits per heavy atom. The summed E-state index contributed by atoms with van der Waals surface area (Å²) in [5.74, 6) is 1.12. The van der Waals surface area contributed by atoms with Gasteiger partial charge in [0.05, 0.1) is 0 Å². The Morgan fingerprint density at radius 3 is 2.67 bits per heavy atom. The molecule has 1 aliphatic heterocycles. The van der Waals surface area contributed by atoms with Crippen LogP contribution in [0.25, 0.3) is 0 Å². The molecule has 1 aliphatic rings. The van der Waals surface area contributed by atoms with Crippen molar-refractivity contribution in [3.8, 4) is 0 Å². The monoisotopic (exact) mass is 254 g/mol. The van der Waals surface area contributed by atoms with E-state index in [1.165, 1.54) is 12.8 Å². The van der Waals surface area contributed by atoms with Gasteiger partial charge < -0.3 is 10.2 Å². The SMILES string of the molecule is CCC1CCC(=O)N(CCCNC(C)(C)C)CC1. The molecule has 0 saturated carbocycles. The first-order valence-corrected chi connectivity index (χ1v) is 7.45. The molecular weight excluding hydrogens is 224 g/mol. The van der Waals surface area contributed by atoms with Gasteiger partial charge in [-0.1, -0.05) is 13.3 Å². The van der Waals surface area contributed by atoms with Gasteiger partial charge in [-0.25, -0.2) is 0 Å². The van der Waals surface area contributed by atoms with Crippen LogP contribution in [-0.2, 0) is 4.79 Å². The highest BCUT2D eigenvalue weighted by atomic mass is 16.2. The molecule has 0 aromatic rings. The molecule has 18 heavy (non-hydrogen) atoms. The molecule has 1 unspecified atom stereocenters. The number of rotatable bonds is 5. The second-order valence-electron chi connectivity index (χ2n) is 6.51. The summed E-state index contributed by atoms with van der Waals surface area (Å²) in [7, 11) is 0. The van der Waals surface area contributed by atoms with Crippen molar-refractivity contribution in [2.24, 2.45) is 5.92 Å². The Hall–Kier alpha value is -0.570. The van der Waals surface area contributed by atoms with Crippen molar-refractivity contribution in [3.05, 3.63) is 0 Å². The first kappa shape index (κ1) is 15.5. The summed E-state index contributed by atoms with van der Waals surface area (Å²) in [6.07, 6.45) is 5.30. The topological polar surface area (TPSA) is 32.3 Å². The third kappa shape index (κ3) is 5.85. The van der Waals surface area contributed by atoms with Gasteiger partial charge in [-0.3, -0.25) is 4.79 Å². The summed E-state index contributed by atoms with van der Waals surface area (Å²) < 4.78 is 0. The number of amides is 1. The fourth-order valence-corrected chi connectivity index (χ4v) is 2.47. The zero-order chi connectivity index (χ0) is 13.6. The first-order valence-electron chi connectivity index (χ1n) is 7.45. The van der Waals surface area contributed by atoms with E-state index in [9.17, 15) is 4.79 Å². The molecule has 0 aliphatic carbocycles. The van der Waals surface area contributed by atoms with E-state index < -0.39 is 0 Å². The average molecular weight is 254 g/mol. The molecule has 0 aromatic heterocycles. The molecule has 0 radical (unpaired) electrons. The van der Waals surface area contributed by atoms with Crippen LogP contribution in [0.2, 0.25) is 0 Å². The number of likely N-dealkylation sites (tertiary alicyclic amines) is 1. The molecule has 1 rings (SSSR count). The highest BCUT2D eigenvalue weighted by Crippen LogP contribution is 2.20. The van der Waals surface area contributed by atoms with Crippen molar-refractivity contribution >= 4 is 5.91 Å². The van der Waals surface area contributed by atoms with Crippen LogP contribution in [0.4, 0.5) is 0 Å². The fourth-order valence-electron chi connectivity index (χ4n) is 2.47. The van der Waals surface area contributed by atoms with Gasteiger partial charge in [-0.15, -0.1) is 0 Å². The van der Waals surface area contributed by atoms with E-state index in [-0.39, 0.29) is 5.54 Å². The lowest BCUT2D eigenvalue weighted by molar-refractivity contribution is -0.130. The molecule has 106 valence electrons. The Labute approximate surface area is 112 Å². The zero-order valence-electron chi connectivity index (χ0n) is 12.6. The van der Waals surface area contributed by atoms with E-state index in [0.717, 1.165) is 44.8 Å². The lowest BCUT2D eigenvalue weighted by Gasteiger charge is -2.24. The lowest BCUT2D eigenvalue weighted by atomic mass is 9.98. The van der Waals surface area contributed by atoms with Gasteiger partial charge in [0.25, 0.3) is 0 Å². The summed E-state index contributed by atoms with van der Waals surface area (Å²) in [5.41, 5.74) is 0.177. The summed E-state index contributed by atoms with van der Waals surface area (Å²) in [6.45, 7) is 11.6. The molecule has 1 fully saturated rings. The number of nitrogens with one attached hydrogen (secondary N) is 1. The molecule has 0 bridgehead atoms. The highest BCUT2D eigenvalue weighted by Gasteiger charge is 2.21. The molecule has 1 heterocycles. The first-order chi connectivity index (χ1) is 8.42. The summed E-state index contributed by atoms with van der Waals surface area (Å²) in [4.78, 5) is 14.0. The maximum atomic E-state index is 12.0. The van der Waals surface area contributed by atoms with Crippen LogP contribution in [0.5, 0.6) is 0 Å². The Morgan fingerprint density at radius 1 is 1.33 bits per heavy atom. The van der Waals surface area contributed by atoms with Crippen LogP contribution in [0.3, 0.4) is 0 Å². The minimum atomic E-state index is 0.177. The standard InChI is InChI=1S/C15H30N2O/c1-5-13-7-8-14(18)17(12-9-13)11-6-10-16-15(2,3)4/h13,16H,5-12H2,1-4H3. The van der Waals surface area contributed by atoms with Crippen molar-refractivity contribution in [2.45, 2.75) is 65.3 Å². The molecule has 0 aromatic carbocycles. The van der Waals surface area contributed by atoms with Crippen LogP contribution >= 0.6 is 0 Å². The van der Waals surface area contributed by atoms with Gasteiger partial charge in [-0.2, -0.15) is 0 Å². The molecular formula is C15H30N2O. The van der Waals surface area contributed by atoms with Crippen LogP contribution < -0.4 is 5.32 Å². The normalized spacial score (nSPS) is 22.1. The van der Waals surface area contributed by atoms with E-state index >= 15 is 0 Å². The number of hydrogen-bond acceptors (Lipinski definition) is 2. The van der Waals surface area contributed by atoms with E-state index in [1.54, 1.807) is 0 Å². The van der Waals surface area contributed by atoms with Gasteiger partial charge in [0, 0.05) is 25.0 Å². The molecule has 1 saturated heterocycles. The minimum Gasteiger partial charge on any atom is -0.343 e. The molecule has 1 N–H and O–H groups in total. The van der Waals surface area contributed by atoms with Gasteiger partial charge in [-0.05, 0) is 52.5 Å². The van der Waals surface area contributed by atoms with Crippen molar-refractivity contribution < 1.29 is 4.79 Å². The van der Waals surface area contributed by atoms with Gasteiger partial charge in [0.2, 0.25) is 5.91 Å². The minimum absolute atomic E-state index is 0.177. The predicted octanol–water partition coefficient (Wildman–Crippen LogP) is 2.80.